The van der Waals surface area contributed by atoms with Crippen molar-refractivity contribution in [3.05, 3.63) is 65.7 Å². The summed E-state index contributed by atoms with van der Waals surface area (Å²) < 4.78 is 0. The second-order valence-corrected chi connectivity index (χ2v) is 6.58. The van der Waals surface area contributed by atoms with E-state index in [9.17, 15) is 0 Å². The van der Waals surface area contributed by atoms with Gasteiger partial charge in [-0.2, -0.15) is 0 Å². The Balaban J connectivity index is 1.99. The minimum atomic E-state index is 0.979. The molecule has 23 heavy (non-hydrogen) atoms. The van der Waals surface area contributed by atoms with Crippen LogP contribution in [0.1, 0.15) is 18.1 Å². The fourth-order valence-electron chi connectivity index (χ4n) is 4.07. The molecule has 0 spiro atoms. The van der Waals surface area contributed by atoms with E-state index in [4.69, 9.17) is 0 Å². The molecule has 0 radical (unpaired) electrons. The van der Waals surface area contributed by atoms with E-state index in [2.05, 4.69) is 73.4 Å². The minimum absolute atomic E-state index is 0.979. The van der Waals surface area contributed by atoms with Gasteiger partial charge >= 0.3 is 0 Å². The van der Waals surface area contributed by atoms with Gasteiger partial charge in [0.05, 0.1) is 5.69 Å². The highest BCUT2D eigenvalue weighted by Crippen LogP contribution is 2.40. The molecule has 1 nitrogen and oxygen atoms in total. The summed E-state index contributed by atoms with van der Waals surface area (Å²) in [5.41, 5.74) is 5.11. The number of hydrogen-bond donors (Lipinski definition) is 0. The van der Waals surface area contributed by atoms with Crippen LogP contribution in [0.3, 0.4) is 0 Å². The number of nitrogens with zero attached hydrogens (tertiary/aromatic N) is 1. The summed E-state index contributed by atoms with van der Waals surface area (Å²) in [6.45, 7) is 4.35. The van der Waals surface area contributed by atoms with E-state index < -0.39 is 0 Å². The first-order chi connectivity index (χ1) is 11.2. The molecule has 0 unspecified atom stereocenters. The van der Waals surface area contributed by atoms with Gasteiger partial charge in [-0.25, -0.2) is 0 Å². The number of aliphatic imine (C=N–C) groups is 1. The molecule has 0 atom stereocenters. The van der Waals surface area contributed by atoms with Gasteiger partial charge in [0.15, 0.2) is 0 Å². The van der Waals surface area contributed by atoms with E-state index >= 15 is 0 Å². The summed E-state index contributed by atoms with van der Waals surface area (Å²) in [6.07, 6.45) is 0.979. The number of fused-ring (bicyclic) bond motifs is 7. The van der Waals surface area contributed by atoms with Gasteiger partial charge in [0.25, 0.3) is 0 Å². The van der Waals surface area contributed by atoms with Crippen LogP contribution in [-0.4, -0.2) is 5.71 Å². The Bertz CT molecular complexity index is 1150. The molecule has 0 aliphatic carbocycles. The average molecular weight is 295 g/mol. The van der Waals surface area contributed by atoms with Gasteiger partial charge in [0.2, 0.25) is 0 Å². The predicted octanol–water partition coefficient (Wildman–Crippen LogP) is 6.10. The molecule has 110 valence electrons. The molecule has 5 rings (SSSR count). The van der Waals surface area contributed by atoms with Crippen molar-refractivity contribution in [3.63, 3.8) is 0 Å². The highest BCUT2D eigenvalue weighted by molar-refractivity contribution is 6.19. The maximum absolute atomic E-state index is 4.69. The lowest BCUT2D eigenvalue weighted by Crippen LogP contribution is -1.93. The zero-order valence-corrected chi connectivity index (χ0v) is 13.4. The Kier molecular flexibility index (Phi) is 2.47. The number of rotatable bonds is 0. The van der Waals surface area contributed by atoms with Gasteiger partial charge in [-0.1, -0.05) is 48.5 Å². The first-order valence-corrected chi connectivity index (χ1v) is 8.13. The quantitative estimate of drug-likeness (QED) is 0.347. The van der Waals surface area contributed by atoms with E-state index in [0.29, 0.717) is 0 Å². The normalized spacial score (nSPS) is 13.7. The van der Waals surface area contributed by atoms with Crippen LogP contribution in [0.5, 0.6) is 0 Å². The highest BCUT2D eigenvalue weighted by atomic mass is 14.8. The topological polar surface area (TPSA) is 12.4 Å². The van der Waals surface area contributed by atoms with Crippen LogP contribution in [0, 0.1) is 6.92 Å². The molecule has 0 saturated heterocycles. The van der Waals surface area contributed by atoms with Crippen molar-refractivity contribution in [3.8, 4) is 0 Å². The van der Waals surface area contributed by atoms with Gasteiger partial charge in [0.1, 0.15) is 0 Å². The number of aryl methyl sites for hydroxylation is 1. The summed E-state index contributed by atoms with van der Waals surface area (Å²) in [4.78, 5) is 4.69. The molecule has 0 fully saturated rings. The van der Waals surface area contributed by atoms with Gasteiger partial charge in [0, 0.05) is 12.1 Å². The molecule has 1 heteroatoms. The maximum Gasteiger partial charge on any atom is 0.0671 e. The molecule has 0 amide bonds. The van der Waals surface area contributed by atoms with Crippen LogP contribution in [0.2, 0.25) is 0 Å². The second kappa shape index (κ2) is 4.42. The first-order valence-electron chi connectivity index (χ1n) is 8.13. The van der Waals surface area contributed by atoms with Crippen molar-refractivity contribution < 1.29 is 0 Å². The molecule has 4 aromatic rings. The summed E-state index contributed by atoms with van der Waals surface area (Å²) in [7, 11) is 0. The number of benzene rings is 4. The van der Waals surface area contributed by atoms with Crippen LogP contribution in [-0.2, 0) is 6.42 Å². The molecular formula is C22H17N. The minimum Gasteiger partial charge on any atom is -0.257 e. The van der Waals surface area contributed by atoms with Gasteiger partial charge in [-0.3, -0.25) is 4.99 Å². The monoisotopic (exact) mass is 295 g/mol. The largest absolute Gasteiger partial charge is 0.257 e. The molecule has 0 bridgehead atoms. The third kappa shape index (κ3) is 1.71. The second-order valence-electron chi connectivity index (χ2n) is 6.58. The molecule has 1 heterocycles. The van der Waals surface area contributed by atoms with Crippen molar-refractivity contribution in [2.45, 2.75) is 20.3 Å². The Labute approximate surface area is 135 Å². The van der Waals surface area contributed by atoms with Crippen molar-refractivity contribution in [1.29, 1.82) is 0 Å². The standard InChI is InChI=1S/C22H17N/c1-13-11-19-16-6-4-3-5-15(16)7-8-17(19)18-9-10-21-20(22(13)18)12-14(2)23-21/h3-11H,12H2,1-2H3. The van der Waals surface area contributed by atoms with E-state index in [1.54, 1.807) is 0 Å². The third-order valence-electron chi connectivity index (χ3n) is 5.05. The smallest absolute Gasteiger partial charge is 0.0671 e. The molecule has 0 aromatic heterocycles. The lowest BCUT2D eigenvalue weighted by Gasteiger charge is -2.13. The van der Waals surface area contributed by atoms with Crippen molar-refractivity contribution in [1.82, 2.24) is 0 Å². The van der Waals surface area contributed by atoms with Crippen LogP contribution in [0.25, 0.3) is 32.3 Å². The summed E-state index contributed by atoms with van der Waals surface area (Å²) in [6, 6.07) is 19.9. The maximum atomic E-state index is 4.69. The van der Waals surface area contributed by atoms with E-state index in [0.717, 1.165) is 12.1 Å². The van der Waals surface area contributed by atoms with Gasteiger partial charge in [-0.15, -0.1) is 0 Å². The predicted molar refractivity (Wildman–Crippen MR) is 100 cm³/mol. The molecule has 1 aliphatic heterocycles. The van der Waals surface area contributed by atoms with Crippen LogP contribution >= 0.6 is 0 Å². The van der Waals surface area contributed by atoms with Crippen molar-refractivity contribution in [2.24, 2.45) is 4.99 Å². The lowest BCUT2D eigenvalue weighted by molar-refractivity contribution is 1.40. The highest BCUT2D eigenvalue weighted by Gasteiger charge is 2.17. The molecule has 1 aliphatic rings. The molecular weight excluding hydrogens is 278 g/mol. The van der Waals surface area contributed by atoms with Crippen LogP contribution in [0.15, 0.2) is 59.6 Å². The fraction of sp³-hybridized carbons (Fsp3) is 0.136. The average Bonchev–Trinajstić information content (AvgIpc) is 2.94. The fourth-order valence-corrected chi connectivity index (χ4v) is 4.07. The van der Waals surface area contributed by atoms with E-state index in [1.165, 1.54) is 49.2 Å². The first kappa shape index (κ1) is 12.8. The van der Waals surface area contributed by atoms with Crippen LogP contribution < -0.4 is 0 Å². The Hall–Kier alpha value is -2.67. The third-order valence-corrected chi connectivity index (χ3v) is 5.05. The molecule has 0 saturated carbocycles. The van der Waals surface area contributed by atoms with Gasteiger partial charge in [-0.05, 0) is 63.4 Å². The Morgan fingerprint density at radius 2 is 1.61 bits per heavy atom. The van der Waals surface area contributed by atoms with Crippen molar-refractivity contribution >= 4 is 43.7 Å². The molecule has 0 N–H and O–H groups in total. The Morgan fingerprint density at radius 3 is 2.52 bits per heavy atom. The van der Waals surface area contributed by atoms with Gasteiger partial charge < -0.3 is 0 Å². The summed E-state index contributed by atoms with van der Waals surface area (Å²) in [5.74, 6) is 0. The zero-order valence-electron chi connectivity index (χ0n) is 13.4. The lowest BCUT2D eigenvalue weighted by atomic mass is 9.90. The summed E-state index contributed by atoms with van der Waals surface area (Å²) >= 11 is 0. The number of hydrogen-bond acceptors (Lipinski definition) is 1. The van der Waals surface area contributed by atoms with Crippen molar-refractivity contribution in [2.75, 3.05) is 0 Å². The molecule has 4 aromatic carbocycles. The summed E-state index contributed by atoms with van der Waals surface area (Å²) in [5, 5.41) is 8.09. The SMILES string of the molecule is CC1=Nc2ccc3c(c(C)cc4c5ccccc5ccc34)c2C1. The van der Waals surface area contributed by atoms with E-state index in [1.807, 2.05) is 0 Å². The van der Waals surface area contributed by atoms with Crippen LogP contribution in [0.4, 0.5) is 5.69 Å². The van der Waals surface area contributed by atoms with E-state index in [-0.39, 0.29) is 0 Å². The zero-order chi connectivity index (χ0) is 15.6. The Morgan fingerprint density at radius 1 is 0.783 bits per heavy atom.